The van der Waals surface area contributed by atoms with Gasteiger partial charge in [-0.15, -0.1) is 0 Å². The summed E-state index contributed by atoms with van der Waals surface area (Å²) in [6.07, 6.45) is 8.62. The van der Waals surface area contributed by atoms with Crippen LogP contribution < -0.4 is 0 Å². The Morgan fingerprint density at radius 3 is 2.95 bits per heavy atom. The summed E-state index contributed by atoms with van der Waals surface area (Å²) in [4.78, 5) is 18.5. The number of pyridine rings is 1. The van der Waals surface area contributed by atoms with E-state index in [0.29, 0.717) is 12.3 Å². The summed E-state index contributed by atoms with van der Waals surface area (Å²) in [6.45, 7) is 6.47. The molecule has 1 aromatic heterocycles. The zero-order chi connectivity index (χ0) is 14.4. The van der Waals surface area contributed by atoms with Gasteiger partial charge < -0.3 is 4.90 Å². The Labute approximate surface area is 122 Å². The van der Waals surface area contributed by atoms with Crippen LogP contribution in [0.1, 0.15) is 45.1 Å². The molecule has 0 radical (unpaired) electrons. The van der Waals surface area contributed by atoms with Crippen LogP contribution in [-0.4, -0.2) is 28.9 Å². The number of rotatable bonds is 4. The fraction of sp³-hybridized carbons (Fsp3) is 0.647. The van der Waals surface area contributed by atoms with Gasteiger partial charge in [0.25, 0.3) is 0 Å². The molecule has 1 fully saturated rings. The lowest BCUT2D eigenvalue weighted by Gasteiger charge is -2.21. The number of hydrogen-bond donors (Lipinski definition) is 0. The average molecular weight is 274 g/mol. The van der Waals surface area contributed by atoms with Gasteiger partial charge in [0, 0.05) is 31.9 Å². The fourth-order valence-electron chi connectivity index (χ4n) is 2.99. The molecule has 3 heteroatoms. The lowest BCUT2D eigenvalue weighted by atomic mass is 9.89. The standard InChI is InChI=1S/C17H26N2O/c1-14(2)16-6-4-11-19(12-9-16)17(20)8-7-15-5-3-10-18-13-15/h3,5,10,13-14,16H,4,6-9,11-12H2,1-2H3. The predicted molar refractivity (Wildman–Crippen MR) is 81.3 cm³/mol. The van der Waals surface area contributed by atoms with E-state index in [9.17, 15) is 4.79 Å². The zero-order valence-corrected chi connectivity index (χ0v) is 12.7. The maximum atomic E-state index is 12.3. The van der Waals surface area contributed by atoms with Crippen molar-refractivity contribution in [1.29, 1.82) is 0 Å². The van der Waals surface area contributed by atoms with Crippen molar-refractivity contribution < 1.29 is 4.79 Å². The molecule has 2 rings (SSSR count). The van der Waals surface area contributed by atoms with Crippen molar-refractivity contribution in [1.82, 2.24) is 9.88 Å². The minimum absolute atomic E-state index is 0.304. The maximum absolute atomic E-state index is 12.3. The summed E-state index contributed by atoms with van der Waals surface area (Å²) in [5, 5.41) is 0. The third-order valence-corrected chi connectivity index (χ3v) is 4.42. The van der Waals surface area contributed by atoms with Gasteiger partial charge in [0.05, 0.1) is 0 Å². The smallest absolute Gasteiger partial charge is 0.222 e. The molecule has 1 aliphatic heterocycles. The highest BCUT2D eigenvalue weighted by Gasteiger charge is 2.22. The van der Waals surface area contributed by atoms with E-state index in [1.807, 2.05) is 18.3 Å². The molecule has 1 aliphatic rings. The minimum atomic E-state index is 0.304. The highest BCUT2D eigenvalue weighted by atomic mass is 16.2. The molecule has 1 atom stereocenters. The zero-order valence-electron chi connectivity index (χ0n) is 12.7. The van der Waals surface area contributed by atoms with Crippen molar-refractivity contribution in [3.8, 4) is 0 Å². The van der Waals surface area contributed by atoms with Crippen LogP contribution in [0.5, 0.6) is 0 Å². The van der Waals surface area contributed by atoms with E-state index in [1.165, 1.54) is 6.42 Å². The highest BCUT2D eigenvalue weighted by Crippen LogP contribution is 2.24. The molecule has 0 saturated carbocycles. The molecular weight excluding hydrogens is 248 g/mol. The first-order chi connectivity index (χ1) is 9.66. The summed E-state index contributed by atoms with van der Waals surface area (Å²) in [7, 11) is 0. The summed E-state index contributed by atoms with van der Waals surface area (Å²) in [5.41, 5.74) is 1.15. The monoisotopic (exact) mass is 274 g/mol. The van der Waals surface area contributed by atoms with Gasteiger partial charge in [-0.25, -0.2) is 0 Å². The van der Waals surface area contributed by atoms with E-state index >= 15 is 0 Å². The van der Waals surface area contributed by atoms with Crippen LogP contribution in [0.15, 0.2) is 24.5 Å². The molecule has 0 spiro atoms. The molecule has 1 saturated heterocycles. The van der Waals surface area contributed by atoms with Crippen LogP contribution in [-0.2, 0) is 11.2 Å². The second-order valence-electron chi connectivity index (χ2n) is 6.18. The Morgan fingerprint density at radius 1 is 1.40 bits per heavy atom. The van der Waals surface area contributed by atoms with Gasteiger partial charge >= 0.3 is 0 Å². The third kappa shape index (κ3) is 4.32. The summed E-state index contributed by atoms with van der Waals surface area (Å²) in [5.74, 6) is 1.82. The van der Waals surface area contributed by atoms with Crippen molar-refractivity contribution in [3.63, 3.8) is 0 Å². The average Bonchev–Trinajstić information content (AvgIpc) is 2.72. The van der Waals surface area contributed by atoms with Gasteiger partial charge in [-0.2, -0.15) is 0 Å². The Bertz CT molecular complexity index is 416. The molecule has 110 valence electrons. The summed E-state index contributed by atoms with van der Waals surface area (Å²) in [6, 6.07) is 3.97. The number of aryl methyl sites for hydroxylation is 1. The quantitative estimate of drug-likeness (QED) is 0.844. The van der Waals surface area contributed by atoms with Gasteiger partial charge in [-0.05, 0) is 49.1 Å². The Balaban J connectivity index is 1.80. The van der Waals surface area contributed by atoms with E-state index in [1.54, 1.807) is 6.20 Å². The van der Waals surface area contributed by atoms with Crippen LogP contribution in [0.3, 0.4) is 0 Å². The van der Waals surface area contributed by atoms with Crippen LogP contribution in [0, 0.1) is 11.8 Å². The number of nitrogens with zero attached hydrogens (tertiary/aromatic N) is 2. The van der Waals surface area contributed by atoms with Gasteiger partial charge in [-0.1, -0.05) is 19.9 Å². The van der Waals surface area contributed by atoms with E-state index in [-0.39, 0.29) is 0 Å². The van der Waals surface area contributed by atoms with Crippen molar-refractivity contribution in [3.05, 3.63) is 30.1 Å². The number of carbonyl (C=O) groups excluding carboxylic acids is 1. The van der Waals surface area contributed by atoms with E-state index in [2.05, 4.69) is 23.7 Å². The Kier molecular flexibility index (Phi) is 5.57. The molecule has 0 aromatic carbocycles. The van der Waals surface area contributed by atoms with Gasteiger partial charge in [0.15, 0.2) is 0 Å². The first kappa shape index (κ1) is 15.0. The number of aromatic nitrogens is 1. The second-order valence-corrected chi connectivity index (χ2v) is 6.18. The van der Waals surface area contributed by atoms with Crippen molar-refractivity contribution in [2.45, 2.75) is 46.0 Å². The van der Waals surface area contributed by atoms with Crippen LogP contribution in [0.4, 0.5) is 0 Å². The first-order valence-electron chi connectivity index (χ1n) is 7.83. The molecule has 0 aliphatic carbocycles. The minimum Gasteiger partial charge on any atom is -0.343 e. The molecular formula is C17H26N2O. The first-order valence-corrected chi connectivity index (χ1v) is 7.83. The van der Waals surface area contributed by atoms with Crippen LogP contribution in [0.2, 0.25) is 0 Å². The molecule has 2 heterocycles. The molecule has 0 bridgehead atoms. The van der Waals surface area contributed by atoms with Crippen molar-refractivity contribution in [2.75, 3.05) is 13.1 Å². The lowest BCUT2D eigenvalue weighted by Crippen LogP contribution is -2.32. The molecule has 1 aromatic rings. The van der Waals surface area contributed by atoms with Crippen molar-refractivity contribution in [2.24, 2.45) is 11.8 Å². The lowest BCUT2D eigenvalue weighted by molar-refractivity contribution is -0.131. The fourth-order valence-corrected chi connectivity index (χ4v) is 2.99. The van der Waals surface area contributed by atoms with Crippen LogP contribution in [0.25, 0.3) is 0 Å². The predicted octanol–water partition coefficient (Wildman–Crippen LogP) is 3.30. The summed E-state index contributed by atoms with van der Waals surface area (Å²) >= 11 is 0. The Hall–Kier alpha value is -1.38. The molecule has 3 nitrogen and oxygen atoms in total. The maximum Gasteiger partial charge on any atom is 0.222 e. The number of hydrogen-bond acceptors (Lipinski definition) is 2. The van der Waals surface area contributed by atoms with E-state index in [4.69, 9.17) is 0 Å². The van der Waals surface area contributed by atoms with E-state index in [0.717, 1.165) is 49.8 Å². The van der Waals surface area contributed by atoms with Crippen molar-refractivity contribution >= 4 is 5.91 Å². The summed E-state index contributed by atoms with van der Waals surface area (Å²) < 4.78 is 0. The second kappa shape index (κ2) is 7.41. The SMILES string of the molecule is CC(C)C1CCCN(C(=O)CCc2cccnc2)CC1. The van der Waals surface area contributed by atoms with E-state index < -0.39 is 0 Å². The normalized spacial score (nSPS) is 19.9. The van der Waals surface area contributed by atoms with Gasteiger partial charge in [-0.3, -0.25) is 9.78 Å². The molecule has 20 heavy (non-hydrogen) atoms. The van der Waals surface area contributed by atoms with Gasteiger partial charge in [0.1, 0.15) is 0 Å². The Morgan fingerprint density at radius 2 is 2.25 bits per heavy atom. The third-order valence-electron chi connectivity index (χ3n) is 4.42. The van der Waals surface area contributed by atoms with Gasteiger partial charge in [0.2, 0.25) is 5.91 Å². The molecule has 1 amide bonds. The number of likely N-dealkylation sites (tertiary alicyclic amines) is 1. The number of amides is 1. The molecule has 0 N–H and O–H groups in total. The molecule has 1 unspecified atom stereocenters. The topological polar surface area (TPSA) is 33.2 Å². The highest BCUT2D eigenvalue weighted by molar-refractivity contribution is 5.76. The largest absolute Gasteiger partial charge is 0.343 e. The van der Waals surface area contributed by atoms with Crippen LogP contribution >= 0.6 is 0 Å². The number of carbonyl (C=O) groups is 1.